The minimum absolute atomic E-state index is 0.0476. The highest BCUT2D eigenvalue weighted by Crippen LogP contribution is 2.20. The standard InChI is InChI=1S/C10H23N3S2/c1-7(2)11-8-5-13(10(14)15)6-9(8)12(3)4/h7-11,14-15H,5-6H2,1-4H3. The molecule has 2 atom stereocenters. The van der Waals surface area contributed by atoms with E-state index in [1.165, 1.54) is 0 Å². The molecule has 0 saturated carbocycles. The van der Waals surface area contributed by atoms with Crippen LogP contribution in [-0.2, 0) is 0 Å². The molecule has 15 heavy (non-hydrogen) atoms. The van der Waals surface area contributed by atoms with E-state index in [0.29, 0.717) is 18.1 Å². The first-order chi connectivity index (χ1) is 6.91. The van der Waals surface area contributed by atoms with Gasteiger partial charge in [-0.05, 0) is 14.1 Å². The summed E-state index contributed by atoms with van der Waals surface area (Å²) in [4.78, 5) is 4.57. The fourth-order valence-electron chi connectivity index (χ4n) is 2.12. The second-order valence-electron chi connectivity index (χ2n) is 4.76. The predicted molar refractivity (Wildman–Crippen MR) is 72.9 cm³/mol. The molecular weight excluding hydrogens is 226 g/mol. The lowest BCUT2D eigenvalue weighted by Gasteiger charge is -2.27. The van der Waals surface area contributed by atoms with E-state index in [1.807, 2.05) is 0 Å². The summed E-state index contributed by atoms with van der Waals surface area (Å²) in [6.45, 7) is 6.44. The summed E-state index contributed by atoms with van der Waals surface area (Å²) in [5.74, 6) is 0. The van der Waals surface area contributed by atoms with Crippen LogP contribution in [0.5, 0.6) is 0 Å². The molecule has 1 aliphatic heterocycles. The van der Waals surface area contributed by atoms with Crippen LogP contribution < -0.4 is 5.32 Å². The normalized spacial score (nSPS) is 28.6. The van der Waals surface area contributed by atoms with Crippen molar-refractivity contribution in [3.63, 3.8) is 0 Å². The molecular formula is C10H23N3S2. The Bertz CT molecular complexity index is 197. The fraction of sp³-hybridized carbons (Fsp3) is 1.00. The number of nitrogens with one attached hydrogen (secondary N) is 1. The molecule has 5 heteroatoms. The summed E-state index contributed by atoms with van der Waals surface area (Å²) in [6.07, 6.45) is 0. The number of thiol groups is 2. The van der Waals surface area contributed by atoms with Crippen LogP contribution >= 0.6 is 25.3 Å². The molecule has 2 unspecified atom stereocenters. The topological polar surface area (TPSA) is 18.5 Å². The Hall–Kier alpha value is 0.580. The van der Waals surface area contributed by atoms with E-state index in [1.54, 1.807) is 0 Å². The van der Waals surface area contributed by atoms with E-state index < -0.39 is 0 Å². The number of likely N-dealkylation sites (tertiary alicyclic amines) is 1. The molecule has 1 N–H and O–H groups in total. The molecule has 0 aromatic rings. The number of hydrogen-bond acceptors (Lipinski definition) is 5. The van der Waals surface area contributed by atoms with Gasteiger partial charge in [0.15, 0.2) is 0 Å². The first-order valence-corrected chi connectivity index (χ1v) is 6.47. The summed E-state index contributed by atoms with van der Waals surface area (Å²) >= 11 is 8.75. The molecule has 90 valence electrons. The monoisotopic (exact) mass is 249 g/mol. The molecule has 0 spiro atoms. The van der Waals surface area contributed by atoms with Crippen LogP contribution in [-0.4, -0.2) is 59.8 Å². The summed E-state index contributed by atoms with van der Waals surface area (Å²) < 4.78 is 0.0476. The highest BCUT2D eigenvalue weighted by atomic mass is 32.2. The lowest BCUT2D eigenvalue weighted by atomic mass is 10.1. The lowest BCUT2D eigenvalue weighted by molar-refractivity contribution is 0.253. The van der Waals surface area contributed by atoms with Gasteiger partial charge in [-0.3, -0.25) is 4.90 Å². The number of hydrogen-bond donors (Lipinski definition) is 3. The van der Waals surface area contributed by atoms with Crippen molar-refractivity contribution in [3.8, 4) is 0 Å². The molecule has 1 saturated heterocycles. The van der Waals surface area contributed by atoms with Gasteiger partial charge >= 0.3 is 0 Å². The SMILES string of the molecule is CC(C)NC1CN(C(S)S)CC1N(C)C. The van der Waals surface area contributed by atoms with Gasteiger partial charge in [-0.1, -0.05) is 13.8 Å². The average Bonchev–Trinajstić information content (AvgIpc) is 2.46. The molecule has 1 heterocycles. The van der Waals surface area contributed by atoms with Gasteiger partial charge in [-0.25, -0.2) is 0 Å². The van der Waals surface area contributed by atoms with E-state index in [9.17, 15) is 0 Å². The molecule has 1 rings (SSSR count). The van der Waals surface area contributed by atoms with Crippen LogP contribution in [0, 0.1) is 0 Å². The predicted octanol–water partition coefficient (Wildman–Crippen LogP) is 0.742. The minimum atomic E-state index is 0.0476. The third-order valence-corrected chi connectivity index (χ3v) is 3.51. The zero-order valence-electron chi connectivity index (χ0n) is 10.0. The average molecular weight is 249 g/mol. The van der Waals surface area contributed by atoms with Crippen LogP contribution in [0.2, 0.25) is 0 Å². The molecule has 1 fully saturated rings. The van der Waals surface area contributed by atoms with Crippen LogP contribution in [0.25, 0.3) is 0 Å². The largest absolute Gasteiger partial charge is 0.309 e. The van der Waals surface area contributed by atoms with Crippen molar-refractivity contribution in [1.29, 1.82) is 0 Å². The Morgan fingerprint density at radius 3 is 2.27 bits per heavy atom. The van der Waals surface area contributed by atoms with Crippen LogP contribution in [0.1, 0.15) is 13.8 Å². The molecule has 0 radical (unpaired) electrons. The Morgan fingerprint density at radius 1 is 1.27 bits per heavy atom. The van der Waals surface area contributed by atoms with Crippen molar-refractivity contribution in [2.45, 2.75) is 36.7 Å². The minimum Gasteiger partial charge on any atom is -0.309 e. The Balaban J connectivity index is 2.59. The van der Waals surface area contributed by atoms with Crippen molar-refractivity contribution in [3.05, 3.63) is 0 Å². The van der Waals surface area contributed by atoms with Crippen LogP contribution in [0.3, 0.4) is 0 Å². The maximum absolute atomic E-state index is 4.38. The zero-order chi connectivity index (χ0) is 11.6. The van der Waals surface area contributed by atoms with Crippen molar-refractivity contribution in [1.82, 2.24) is 15.1 Å². The highest BCUT2D eigenvalue weighted by Gasteiger charge is 2.35. The molecule has 3 nitrogen and oxygen atoms in total. The number of likely N-dealkylation sites (N-methyl/N-ethyl adjacent to an activating group) is 1. The third kappa shape index (κ3) is 3.82. The first kappa shape index (κ1) is 13.6. The Labute approximate surface area is 104 Å². The first-order valence-electron chi connectivity index (χ1n) is 5.44. The van der Waals surface area contributed by atoms with Gasteiger partial charge in [-0.2, -0.15) is 0 Å². The summed E-state index contributed by atoms with van der Waals surface area (Å²) in [5, 5.41) is 3.61. The van der Waals surface area contributed by atoms with E-state index in [2.05, 4.69) is 68.3 Å². The van der Waals surface area contributed by atoms with Gasteiger partial charge in [0.1, 0.15) is 0 Å². The molecule has 0 aromatic heterocycles. The Morgan fingerprint density at radius 2 is 1.87 bits per heavy atom. The van der Waals surface area contributed by atoms with Gasteiger partial charge in [-0.15, -0.1) is 25.3 Å². The quantitative estimate of drug-likeness (QED) is 0.505. The molecule has 0 bridgehead atoms. The summed E-state index contributed by atoms with van der Waals surface area (Å²) in [5.41, 5.74) is 0. The van der Waals surface area contributed by atoms with Gasteiger partial charge in [0.25, 0.3) is 0 Å². The molecule has 0 amide bonds. The maximum Gasteiger partial charge on any atom is 0.0970 e. The number of nitrogens with zero attached hydrogens (tertiary/aromatic N) is 2. The van der Waals surface area contributed by atoms with Gasteiger partial charge in [0.05, 0.1) is 4.71 Å². The van der Waals surface area contributed by atoms with Gasteiger partial charge in [0.2, 0.25) is 0 Å². The molecule has 1 aliphatic rings. The van der Waals surface area contributed by atoms with E-state index in [-0.39, 0.29) is 4.71 Å². The lowest BCUT2D eigenvalue weighted by Crippen LogP contribution is -2.48. The zero-order valence-corrected chi connectivity index (χ0v) is 11.8. The van der Waals surface area contributed by atoms with Crippen molar-refractivity contribution in [2.24, 2.45) is 0 Å². The molecule has 0 aliphatic carbocycles. The van der Waals surface area contributed by atoms with Crippen LogP contribution in [0.15, 0.2) is 0 Å². The van der Waals surface area contributed by atoms with Crippen LogP contribution in [0.4, 0.5) is 0 Å². The smallest absolute Gasteiger partial charge is 0.0970 e. The van der Waals surface area contributed by atoms with Crippen molar-refractivity contribution >= 4 is 25.3 Å². The van der Waals surface area contributed by atoms with E-state index >= 15 is 0 Å². The number of rotatable bonds is 4. The van der Waals surface area contributed by atoms with E-state index in [4.69, 9.17) is 0 Å². The van der Waals surface area contributed by atoms with Crippen molar-refractivity contribution in [2.75, 3.05) is 27.2 Å². The second kappa shape index (κ2) is 5.77. The Kier molecular flexibility index (Phi) is 5.25. The molecule has 0 aromatic carbocycles. The summed E-state index contributed by atoms with van der Waals surface area (Å²) in [7, 11) is 4.27. The van der Waals surface area contributed by atoms with Crippen molar-refractivity contribution < 1.29 is 0 Å². The van der Waals surface area contributed by atoms with Gasteiger partial charge < -0.3 is 10.2 Å². The maximum atomic E-state index is 4.38. The van der Waals surface area contributed by atoms with E-state index in [0.717, 1.165) is 13.1 Å². The summed E-state index contributed by atoms with van der Waals surface area (Å²) in [6, 6.07) is 1.59. The fourth-order valence-corrected chi connectivity index (χ4v) is 2.50. The highest BCUT2D eigenvalue weighted by molar-refractivity contribution is 7.99. The second-order valence-corrected chi connectivity index (χ2v) is 6.14. The van der Waals surface area contributed by atoms with Gasteiger partial charge in [0, 0.05) is 31.2 Å². The third-order valence-electron chi connectivity index (χ3n) is 2.85.